The van der Waals surface area contributed by atoms with Crippen molar-refractivity contribution >= 4 is 17.6 Å². The van der Waals surface area contributed by atoms with Gasteiger partial charge in [0.05, 0.1) is 6.61 Å². The summed E-state index contributed by atoms with van der Waals surface area (Å²) in [5, 5.41) is 11.0. The van der Waals surface area contributed by atoms with E-state index in [1.54, 1.807) is 45.0 Å². The summed E-state index contributed by atoms with van der Waals surface area (Å²) in [6.07, 6.45) is 0.405. The first-order chi connectivity index (χ1) is 10.9. The Morgan fingerprint density at radius 2 is 1.87 bits per heavy atom. The van der Waals surface area contributed by atoms with E-state index in [4.69, 9.17) is 16.3 Å². The number of rotatable bonds is 4. The fourth-order valence-corrected chi connectivity index (χ4v) is 2.72. The second kappa shape index (κ2) is 7.01. The molecule has 3 nitrogen and oxygen atoms in total. The van der Waals surface area contributed by atoms with Crippen molar-refractivity contribution < 1.29 is 19.0 Å². The summed E-state index contributed by atoms with van der Waals surface area (Å²) in [6, 6.07) is 6.42. The lowest BCUT2D eigenvalue weighted by atomic mass is 9.91. The maximum Gasteiger partial charge on any atom is 0.342 e. The molecule has 0 saturated heterocycles. The van der Waals surface area contributed by atoms with Gasteiger partial charge in [0.1, 0.15) is 17.1 Å². The van der Waals surface area contributed by atoms with Gasteiger partial charge in [-0.1, -0.05) is 30.7 Å². The third kappa shape index (κ3) is 3.17. The van der Waals surface area contributed by atoms with E-state index in [1.807, 2.05) is 0 Å². The average Bonchev–Trinajstić information content (AvgIpc) is 2.52. The number of ether oxygens (including phenoxy) is 1. The number of halogens is 2. The predicted molar refractivity (Wildman–Crippen MR) is 88.6 cm³/mol. The summed E-state index contributed by atoms with van der Waals surface area (Å²) in [4.78, 5) is 12.3. The highest BCUT2D eigenvalue weighted by Crippen LogP contribution is 2.39. The molecule has 0 fully saturated rings. The van der Waals surface area contributed by atoms with E-state index in [1.165, 1.54) is 0 Å². The largest absolute Gasteiger partial charge is 0.507 e. The van der Waals surface area contributed by atoms with Crippen LogP contribution in [0.5, 0.6) is 5.75 Å². The maximum atomic E-state index is 14.9. The molecule has 1 N–H and O–H groups in total. The third-order valence-corrected chi connectivity index (χ3v) is 3.99. The molecule has 0 aliphatic rings. The van der Waals surface area contributed by atoms with Crippen LogP contribution in [0.25, 0.3) is 11.1 Å². The molecular weight excluding hydrogens is 319 g/mol. The van der Waals surface area contributed by atoms with E-state index < -0.39 is 11.8 Å². The lowest BCUT2D eigenvalue weighted by Crippen LogP contribution is -2.11. The van der Waals surface area contributed by atoms with Crippen LogP contribution in [0.4, 0.5) is 4.39 Å². The second-order valence-electron chi connectivity index (χ2n) is 5.10. The van der Waals surface area contributed by atoms with Crippen molar-refractivity contribution in [2.75, 3.05) is 6.61 Å². The molecule has 5 heteroatoms. The van der Waals surface area contributed by atoms with Gasteiger partial charge in [0.2, 0.25) is 0 Å². The van der Waals surface area contributed by atoms with Crippen LogP contribution >= 0.6 is 11.6 Å². The first kappa shape index (κ1) is 17.3. The summed E-state index contributed by atoms with van der Waals surface area (Å²) < 4.78 is 19.9. The van der Waals surface area contributed by atoms with Gasteiger partial charge in [0.25, 0.3) is 0 Å². The molecule has 0 radical (unpaired) electrons. The number of carbonyl (C=O) groups is 1. The van der Waals surface area contributed by atoms with Gasteiger partial charge in [0, 0.05) is 16.1 Å². The van der Waals surface area contributed by atoms with Gasteiger partial charge in [-0.15, -0.1) is 0 Å². The minimum atomic E-state index is -0.747. The number of carbonyl (C=O) groups excluding carboxylic acids is 1. The first-order valence-electron chi connectivity index (χ1n) is 7.39. The van der Waals surface area contributed by atoms with Crippen molar-refractivity contribution in [2.24, 2.45) is 0 Å². The molecule has 0 spiro atoms. The number of hydrogen-bond acceptors (Lipinski definition) is 3. The zero-order chi connectivity index (χ0) is 17.1. The van der Waals surface area contributed by atoms with Crippen LogP contribution in [0.15, 0.2) is 24.3 Å². The van der Waals surface area contributed by atoms with Crippen LogP contribution in [-0.2, 0) is 11.2 Å². The van der Waals surface area contributed by atoms with Crippen molar-refractivity contribution in [1.82, 2.24) is 0 Å². The molecule has 0 heterocycles. The van der Waals surface area contributed by atoms with E-state index in [9.17, 15) is 14.3 Å². The van der Waals surface area contributed by atoms with Crippen molar-refractivity contribution in [3.8, 4) is 16.9 Å². The molecule has 23 heavy (non-hydrogen) atoms. The van der Waals surface area contributed by atoms with Gasteiger partial charge < -0.3 is 9.84 Å². The number of phenols is 1. The molecule has 2 aromatic rings. The summed E-state index contributed by atoms with van der Waals surface area (Å²) in [5.74, 6) is -1.51. The standard InChI is InChI=1S/C18H18ClFO3/c1-4-13-10(3)16(20)14(11-6-8-12(19)9-7-11)15(17(13)21)18(22)23-5-2/h6-9,21H,4-5H2,1-3H3. The Hall–Kier alpha value is -2.07. The van der Waals surface area contributed by atoms with Crippen LogP contribution in [0.2, 0.25) is 5.02 Å². The van der Waals surface area contributed by atoms with Crippen LogP contribution in [-0.4, -0.2) is 17.7 Å². The predicted octanol–water partition coefficient (Wildman–Crippen LogP) is 4.90. The quantitative estimate of drug-likeness (QED) is 0.808. The SMILES string of the molecule is CCOC(=O)c1c(O)c(CC)c(C)c(F)c1-c1ccc(Cl)cc1. The Labute approximate surface area is 139 Å². The monoisotopic (exact) mass is 336 g/mol. The highest BCUT2D eigenvalue weighted by atomic mass is 35.5. The fourth-order valence-electron chi connectivity index (χ4n) is 2.60. The average molecular weight is 337 g/mol. The van der Waals surface area contributed by atoms with Crippen molar-refractivity contribution in [3.63, 3.8) is 0 Å². The third-order valence-electron chi connectivity index (χ3n) is 3.74. The van der Waals surface area contributed by atoms with Gasteiger partial charge in [-0.2, -0.15) is 0 Å². The lowest BCUT2D eigenvalue weighted by Gasteiger charge is -2.18. The molecular formula is C18H18ClFO3. The maximum absolute atomic E-state index is 14.9. The van der Waals surface area contributed by atoms with E-state index in [2.05, 4.69) is 0 Å². The number of aromatic hydroxyl groups is 1. The van der Waals surface area contributed by atoms with Gasteiger partial charge in [-0.3, -0.25) is 0 Å². The Morgan fingerprint density at radius 1 is 1.26 bits per heavy atom. The zero-order valence-corrected chi connectivity index (χ0v) is 14.0. The Kier molecular flexibility index (Phi) is 5.26. The van der Waals surface area contributed by atoms with Gasteiger partial charge >= 0.3 is 5.97 Å². The minimum absolute atomic E-state index is 0.0346. The van der Waals surface area contributed by atoms with Crippen LogP contribution in [0.3, 0.4) is 0 Å². The van der Waals surface area contributed by atoms with Crippen LogP contribution < -0.4 is 0 Å². The molecule has 0 atom stereocenters. The number of esters is 1. The molecule has 2 aromatic carbocycles. The molecule has 0 aromatic heterocycles. The topological polar surface area (TPSA) is 46.5 Å². The molecule has 122 valence electrons. The smallest absolute Gasteiger partial charge is 0.342 e. The van der Waals surface area contributed by atoms with Gasteiger partial charge in [0.15, 0.2) is 0 Å². The molecule has 0 saturated carbocycles. The molecule has 0 unspecified atom stereocenters. The summed E-state index contributed by atoms with van der Waals surface area (Å²) in [7, 11) is 0. The highest BCUT2D eigenvalue weighted by molar-refractivity contribution is 6.30. The summed E-state index contributed by atoms with van der Waals surface area (Å²) >= 11 is 5.87. The molecule has 2 rings (SSSR count). The fraction of sp³-hybridized carbons (Fsp3) is 0.278. The molecule has 0 amide bonds. The first-order valence-corrected chi connectivity index (χ1v) is 7.77. The van der Waals surface area contributed by atoms with Crippen molar-refractivity contribution in [2.45, 2.75) is 27.2 Å². The van der Waals surface area contributed by atoms with Crippen LogP contribution in [0, 0.1) is 12.7 Å². The van der Waals surface area contributed by atoms with Crippen LogP contribution in [0.1, 0.15) is 35.3 Å². The Balaban J connectivity index is 2.82. The van der Waals surface area contributed by atoms with E-state index in [0.29, 0.717) is 28.1 Å². The van der Waals surface area contributed by atoms with E-state index >= 15 is 0 Å². The summed E-state index contributed by atoms with van der Waals surface area (Å²) in [6.45, 7) is 5.16. The van der Waals surface area contributed by atoms with Crippen molar-refractivity contribution in [3.05, 3.63) is 51.8 Å². The van der Waals surface area contributed by atoms with E-state index in [-0.39, 0.29) is 23.5 Å². The number of benzene rings is 2. The zero-order valence-electron chi connectivity index (χ0n) is 13.2. The lowest BCUT2D eigenvalue weighted by molar-refractivity contribution is 0.0523. The normalized spacial score (nSPS) is 10.7. The summed E-state index contributed by atoms with van der Waals surface area (Å²) in [5.41, 5.74) is 1.07. The Bertz CT molecular complexity index is 739. The second-order valence-corrected chi connectivity index (χ2v) is 5.53. The molecule has 0 bridgehead atoms. The molecule has 0 aliphatic heterocycles. The van der Waals surface area contributed by atoms with Gasteiger partial charge in [-0.25, -0.2) is 9.18 Å². The Morgan fingerprint density at radius 3 is 2.39 bits per heavy atom. The molecule has 0 aliphatic carbocycles. The number of phenolic OH excluding ortho intramolecular Hbond substituents is 1. The minimum Gasteiger partial charge on any atom is -0.507 e. The van der Waals surface area contributed by atoms with Gasteiger partial charge in [-0.05, 0) is 43.5 Å². The van der Waals surface area contributed by atoms with Crippen molar-refractivity contribution in [1.29, 1.82) is 0 Å². The highest BCUT2D eigenvalue weighted by Gasteiger charge is 2.27. The number of hydrogen-bond donors (Lipinski definition) is 1. The van der Waals surface area contributed by atoms with E-state index in [0.717, 1.165) is 0 Å².